The van der Waals surface area contributed by atoms with Gasteiger partial charge in [-0.05, 0) is 26.1 Å². The normalized spacial score (nSPS) is 13.5. The zero-order chi connectivity index (χ0) is 7.98. The fourth-order valence-corrected chi connectivity index (χ4v) is 0.462. The molecule has 0 aromatic carbocycles. The van der Waals surface area contributed by atoms with Gasteiger partial charge in [0.1, 0.15) is 5.83 Å². The molecule has 0 aliphatic carbocycles. The van der Waals surface area contributed by atoms with Crippen molar-refractivity contribution in [3.63, 3.8) is 0 Å². The zero-order valence-corrected chi connectivity index (χ0v) is 6.39. The lowest BCUT2D eigenvalue weighted by molar-refractivity contribution is 0.661. The van der Waals surface area contributed by atoms with Crippen LogP contribution >= 0.6 is 0 Å². The van der Waals surface area contributed by atoms with Gasteiger partial charge in [-0.25, -0.2) is 4.39 Å². The van der Waals surface area contributed by atoms with E-state index in [0.717, 1.165) is 18.2 Å². The largest absolute Gasteiger partial charge is 0.269 e. The zero-order valence-electron chi connectivity index (χ0n) is 6.39. The Morgan fingerprint density at radius 1 is 1.70 bits per heavy atom. The predicted molar refractivity (Wildman–Crippen MR) is 42.8 cm³/mol. The third-order valence-corrected chi connectivity index (χ3v) is 1.16. The lowest BCUT2D eigenvalue weighted by Crippen LogP contribution is -1.71. The Morgan fingerprint density at radius 2 is 2.30 bits per heavy atom. The van der Waals surface area contributed by atoms with E-state index in [4.69, 9.17) is 0 Å². The van der Waals surface area contributed by atoms with Crippen molar-refractivity contribution in [3.8, 4) is 0 Å². The topological polar surface area (TPSA) is 12.4 Å². The van der Waals surface area contributed by atoms with Crippen molar-refractivity contribution in [2.75, 3.05) is 0 Å². The van der Waals surface area contributed by atoms with Crippen LogP contribution in [0.3, 0.4) is 0 Å². The second-order valence-corrected chi connectivity index (χ2v) is 2.04. The Morgan fingerprint density at radius 3 is 2.70 bits per heavy atom. The fraction of sp³-hybridized carbons (Fsp3) is 0.375. The first-order valence-electron chi connectivity index (χ1n) is 3.19. The Labute approximate surface area is 61.0 Å². The van der Waals surface area contributed by atoms with E-state index in [1.165, 1.54) is 6.08 Å². The molecule has 0 radical (unpaired) electrons. The maximum Gasteiger partial charge on any atom is 0.141 e. The average molecular weight is 141 g/mol. The summed E-state index contributed by atoms with van der Waals surface area (Å²) < 4.78 is 12.5. The molecule has 0 rings (SSSR count). The number of nitrogens with zero attached hydrogens (tertiary/aromatic N) is 1. The van der Waals surface area contributed by atoms with Crippen LogP contribution in [0.25, 0.3) is 0 Å². The van der Waals surface area contributed by atoms with E-state index in [-0.39, 0.29) is 5.83 Å². The standard InChI is InChI=1S/C8H12FN/c1-4-7(2)5-8(9)6-10-3/h5-6H,3-4H2,1-2H3/b7-5+,8-6+. The first kappa shape index (κ1) is 9.08. The molecule has 0 amide bonds. The number of allylic oxidation sites excluding steroid dienone is 3. The van der Waals surface area contributed by atoms with E-state index in [2.05, 4.69) is 11.7 Å². The fourth-order valence-electron chi connectivity index (χ4n) is 0.462. The molecule has 0 bridgehead atoms. The first-order chi connectivity index (χ1) is 4.70. The molecule has 0 aromatic rings. The van der Waals surface area contributed by atoms with E-state index < -0.39 is 0 Å². The van der Waals surface area contributed by atoms with E-state index in [9.17, 15) is 4.39 Å². The summed E-state index contributed by atoms with van der Waals surface area (Å²) in [5.41, 5.74) is 0.998. The number of hydrogen-bond acceptors (Lipinski definition) is 1. The smallest absolute Gasteiger partial charge is 0.141 e. The highest BCUT2D eigenvalue weighted by molar-refractivity contribution is 5.27. The Bertz CT molecular complexity index is 168. The van der Waals surface area contributed by atoms with Gasteiger partial charge in [0, 0.05) is 0 Å². The van der Waals surface area contributed by atoms with E-state index >= 15 is 0 Å². The minimum Gasteiger partial charge on any atom is -0.269 e. The highest BCUT2D eigenvalue weighted by Crippen LogP contribution is 2.05. The molecule has 0 unspecified atom stereocenters. The van der Waals surface area contributed by atoms with Gasteiger partial charge in [0.05, 0.1) is 6.20 Å². The van der Waals surface area contributed by atoms with Gasteiger partial charge in [0.25, 0.3) is 0 Å². The minimum atomic E-state index is -0.339. The second kappa shape index (κ2) is 4.91. The van der Waals surface area contributed by atoms with Gasteiger partial charge in [-0.15, -0.1) is 0 Å². The first-order valence-corrected chi connectivity index (χ1v) is 3.19. The van der Waals surface area contributed by atoms with Crippen LogP contribution in [-0.4, -0.2) is 6.72 Å². The number of aliphatic imine (C=N–C) groups is 1. The molecule has 0 saturated heterocycles. The van der Waals surface area contributed by atoms with Gasteiger partial charge >= 0.3 is 0 Å². The van der Waals surface area contributed by atoms with Gasteiger partial charge in [-0.1, -0.05) is 12.5 Å². The van der Waals surface area contributed by atoms with Crippen LogP contribution in [0, 0.1) is 0 Å². The summed E-state index contributed by atoms with van der Waals surface area (Å²) in [6, 6.07) is 0. The molecule has 2 heteroatoms. The molecule has 0 saturated carbocycles. The van der Waals surface area contributed by atoms with Crippen molar-refractivity contribution < 1.29 is 4.39 Å². The van der Waals surface area contributed by atoms with Crippen LogP contribution in [0.2, 0.25) is 0 Å². The third-order valence-electron chi connectivity index (χ3n) is 1.16. The van der Waals surface area contributed by atoms with Crippen LogP contribution < -0.4 is 0 Å². The minimum absolute atomic E-state index is 0.339. The van der Waals surface area contributed by atoms with E-state index in [1.54, 1.807) is 0 Å². The summed E-state index contributed by atoms with van der Waals surface area (Å²) in [6.45, 7) is 6.98. The van der Waals surface area contributed by atoms with Gasteiger partial charge in [-0.3, -0.25) is 4.99 Å². The van der Waals surface area contributed by atoms with Gasteiger partial charge in [-0.2, -0.15) is 0 Å². The van der Waals surface area contributed by atoms with Crippen LogP contribution in [-0.2, 0) is 0 Å². The van der Waals surface area contributed by atoms with Gasteiger partial charge in [0.15, 0.2) is 0 Å². The van der Waals surface area contributed by atoms with Crippen molar-refractivity contribution in [1.82, 2.24) is 0 Å². The lowest BCUT2D eigenvalue weighted by atomic mass is 10.2. The Hall–Kier alpha value is -0.920. The lowest BCUT2D eigenvalue weighted by Gasteiger charge is -1.90. The SMILES string of the molecule is C=N/C=C(F)\C=C(/C)CC. The number of hydrogen-bond donors (Lipinski definition) is 0. The van der Waals surface area contributed by atoms with Crippen LogP contribution in [0.5, 0.6) is 0 Å². The van der Waals surface area contributed by atoms with Crippen LogP contribution in [0.1, 0.15) is 20.3 Å². The summed E-state index contributed by atoms with van der Waals surface area (Å²) in [7, 11) is 0. The van der Waals surface area contributed by atoms with Gasteiger partial charge < -0.3 is 0 Å². The van der Waals surface area contributed by atoms with Crippen molar-refractivity contribution in [2.24, 2.45) is 4.99 Å². The number of rotatable bonds is 3. The van der Waals surface area contributed by atoms with Crippen molar-refractivity contribution in [3.05, 3.63) is 23.7 Å². The van der Waals surface area contributed by atoms with Gasteiger partial charge in [0.2, 0.25) is 0 Å². The summed E-state index contributed by atoms with van der Waals surface area (Å²) in [4.78, 5) is 3.29. The summed E-state index contributed by atoms with van der Waals surface area (Å²) >= 11 is 0. The molecule has 0 heterocycles. The Kier molecular flexibility index (Phi) is 4.46. The molecule has 0 aliphatic rings. The maximum absolute atomic E-state index is 12.5. The van der Waals surface area contributed by atoms with E-state index in [0.29, 0.717) is 0 Å². The summed E-state index contributed by atoms with van der Waals surface area (Å²) in [5.74, 6) is -0.339. The molecule has 0 spiro atoms. The molecule has 0 atom stereocenters. The molecular formula is C8H12FN. The molecule has 1 nitrogen and oxygen atoms in total. The highest BCUT2D eigenvalue weighted by Gasteiger charge is 1.87. The van der Waals surface area contributed by atoms with E-state index in [1.807, 2.05) is 13.8 Å². The summed E-state index contributed by atoms with van der Waals surface area (Å²) in [6.07, 6.45) is 3.41. The molecule has 0 N–H and O–H groups in total. The molecule has 0 aromatic heterocycles. The monoisotopic (exact) mass is 141 g/mol. The van der Waals surface area contributed by atoms with Crippen molar-refractivity contribution in [1.29, 1.82) is 0 Å². The predicted octanol–water partition coefficient (Wildman–Crippen LogP) is 2.85. The molecule has 0 aliphatic heterocycles. The second-order valence-electron chi connectivity index (χ2n) is 2.04. The van der Waals surface area contributed by atoms with Crippen molar-refractivity contribution >= 4 is 6.72 Å². The molecule has 56 valence electrons. The Balaban J connectivity index is 4.11. The highest BCUT2D eigenvalue weighted by atomic mass is 19.1. The maximum atomic E-state index is 12.5. The quantitative estimate of drug-likeness (QED) is 0.423. The van der Waals surface area contributed by atoms with Crippen molar-refractivity contribution in [2.45, 2.75) is 20.3 Å². The number of halogens is 1. The molecular weight excluding hydrogens is 129 g/mol. The average Bonchev–Trinajstić information content (AvgIpc) is 1.88. The van der Waals surface area contributed by atoms with Crippen LogP contribution in [0.4, 0.5) is 4.39 Å². The summed E-state index contributed by atoms with van der Waals surface area (Å²) in [5, 5.41) is 0. The molecule has 0 fully saturated rings. The molecule has 10 heavy (non-hydrogen) atoms. The van der Waals surface area contributed by atoms with Crippen LogP contribution in [0.15, 0.2) is 28.7 Å². The third kappa shape index (κ3) is 4.01.